The number of hydrogen-bond acceptors (Lipinski definition) is 3. The number of carbonyl (C=O) groups excluding carboxylic acids is 1. The summed E-state index contributed by atoms with van der Waals surface area (Å²) in [6.07, 6.45) is 1.07. The van der Waals surface area contributed by atoms with Gasteiger partial charge in [-0.3, -0.25) is 9.10 Å². The molecule has 0 aliphatic rings. The summed E-state index contributed by atoms with van der Waals surface area (Å²) in [4.78, 5) is 12.3. The van der Waals surface area contributed by atoms with E-state index >= 15 is 0 Å². The van der Waals surface area contributed by atoms with E-state index in [9.17, 15) is 13.2 Å². The largest absolute Gasteiger partial charge is 0.325 e. The fourth-order valence-corrected chi connectivity index (χ4v) is 3.39. The van der Waals surface area contributed by atoms with E-state index in [-0.39, 0.29) is 6.54 Å². The lowest BCUT2D eigenvalue weighted by atomic mass is 10.2. The monoisotopic (exact) mass is 366 g/mol. The Balaban J connectivity index is 2.23. The second-order valence-electron chi connectivity index (χ2n) is 5.61. The maximum Gasteiger partial charge on any atom is 0.245 e. The summed E-state index contributed by atoms with van der Waals surface area (Å²) in [5.41, 5.74) is 2.80. The second-order valence-corrected chi connectivity index (χ2v) is 7.96. The summed E-state index contributed by atoms with van der Waals surface area (Å²) in [5, 5.41) is 3.21. The van der Waals surface area contributed by atoms with Gasteiger partial charge >= 0.3 is 0 Å². The molecule has 128 valence electrons. The van der Waals surface area contributed by atoms with Crippen LogP contribution in [0.3, 0.4) is 0 Å². The first-order chi connectivity index (χ1) is 11.2. The number of benzene rings is 2. The molecule has 0 saturated carbocycles. The molecule has 2 aromatic rings. The minimum absolute atomic E-state index is 0.310. The lowest BCUT2D eigenvalue weighted by Crippen LogP contribution is -2.37. The first-order valence-corrected chi connectivity index (χ1v) is 9.50. The Morgan fingerprint density at radius 3 is 2.29 bits per heavy atom. The van der Waals surface area contributed by atoms with Crippen LogP contribution in [-0.4, -0.2) is 27.1 Å². The second kappa shape index (κ2) is 7.23. The molecule has 0 unspecified atom stereocenters. The molecular formula is C17H19ClN2O3S. The number of aryl methyl sites for hydroxylation is 2. The van der Waals surface area contributed by atoms with Gasteiger partial charge in [0.05, 0.1) is 11.9 Å². The fourth-order valence-electron chi connectivity index (χ4n) is 2.25. The van der Waals surface area contributed by atoms with Gasteiger partial charge < -0.3 is 5.32 Å². The molecule has 0 heterocycles. The van der Waals surface area contributed by atoms with E-state index in [2.05, 4.69) is 5.32 Å². The molecule has 0 aliphatic carbocycles. The van der Waals surface area contributed by atoms with Crippen LogP contribution >= 0.6 is 11.6 Å². The average Bonchev–Trinajstić information content (AvgIpc) is 2.47. The lowest BCUT2D eigenvalue weighted by Gasteiger charge is -2.23. The van der Waals surface area contributed by atoms with E-state index in [0.717, 1.165) is 16.1 Å². The number of anilines is 2. The number of nitrogens with one attached hydrogen (secondary N) is 1. The molecule has 1 N–H and O–H groups in total. The highest BCUT2D eigenvalue weighted by atomic mass is 35.5. The Kier molecular flexibility index (Phi) is 5.51. The molecule has 2 aromatic carbocycles. The number of halogens is 1. The quantitative estimate of drug-likeness (QED) is 0.882. The van der Waals surface area contributed by atoms with Gasteiger partial charge in [0.1, 0.15) is 6.54 Å². The van der Waals surface area contributed by atoms with Gasteiger partial charge in [-0.2, -0.15) is 0 Å². The van der Waals surface area contributed by atoms with Crippen molar-refractivity contribution in [1.82, 2.24) is 0 Å². The van der Waals surface area contributed by atoms with E-state index in [1.165, 1.54) is 0 Å². The first-order valence-electron chi connectivity index (χ1n) is 7.27. The van der Waals surface area contributed by atoms with E-state index in [4.69, 9.17) is 11.6 Å². The van der Waals surface area contributed by atoms with E-state index < -0.39 is 15.9 Å². The predicted molar refractivity (Wildman–Crippen MR) is 98.2 cm³/mol. The zero-order valence-corrected chi connectivity index (χ0v) is 15.3. The average molecular weight is 367 g/mol. The van der Waals surface area contributed by atoms with Gasteiger partial charge in [-0.15, -0.1) is 0 Å². The fraction of sp³-hybridized carbons (Fsp3) is 0.235. The third kappa shape index (κ3) is 4.72. The molecule has 24 heavy (non-hydrogen) atoms. The number of rotatable bonds is 5. The third-order valence-corrected chi connectivity index (χ3v) is 4.81. The van der Waals surface area contributed by atoms with Crippen LogP contribution in [0, 0.1) is 13.8 Å². The minimum atomic E-state index is -3.62. The first kappa shape index (κ1) is 18.3. The zero-order chi connectivity index (χ0) is 17.9. The van der Waals surface area contributed by atoms with Gasteiger partial charge in [-0.25, -0.2) is 8.42 Å². The highest BCUT2D eigenvalue weighted by Crippen LogP contribution is 2.25. The maximum atomic E-state index is 12.3. The van der Waals surface area contributed by atoms with Crippen molar-refractivity contribution in [1.29, 1.82) is 0 Å². The van der Waals surface area contributed by atoms with Crippen LogP contribution in [0.2, 0.25) is 5.02 Å². The van der Waals surface area contributed by atoms with E-state index in [1.54, 1.807) is 37.3 Å². The van der Waals surface area contributed by atoms with Crippen molar-refractivity contribution >= 4 is 38.9 Å². The number of carbonyl (C=O) groups is 1. The van der Waals surface area contributed by atoms with Crippen LogP contribution in [0.1, 0.15) is 11.1 Å². The molecule has 0 spiro atoms. The normalized spacial score (nSPS) is 11.2. The Morgan fingerprint density at radius 1 is 1.12 bits per heavy atom. The van der Waals surface area contributed by atoms with Crippen molar-refractivity contribution < 1.29 is 13.2 Å². The van der Waals surface area contributed by atoms with Crippen LogP contribution in [-0.2, 0) is 14.8 Å². The van der Waals surface area contributed by atoms with Gasteiger partial charge in [0, 0.05) is 10.7 Å². The third-order valence-electron chi connectivity index (χ3n) is 3.45. The van der Waals surface area contributed by atoms with Gasteiger partial charge in [0.25, 0.3) is 0 Å². The van der Waals surface area contributed by atoms with Gasteiger partial charge in [0.15, 0.2) is 0 Å². The molecule has 5 nitrogen and oxygen atoms in total. The number of amides is 1. The van der Waals surface area contributed by atoms with Crippen LogP contribution in [0.5, 0.6) is 0 Å². The summed E-state index contributed by atoms with van der Waals surface area (Å²) < 4.78 is 25.3. The number of nitrogens with zero attached hydrogens (tertiary/aromatic N) is 1. The Labute approximate surface area is 147 Å². The maximum absolute atomic E-state index is 12.3. The van der Waals surface area contributed by atoms with Gasteiger partial charge in [0.2, 0.25) is 15.9 Å². The Morgan fingerprint density at radius 2 is 1.75 bits per heavy atom. The molecule has 0 atom stereocenters. The topological polar surface area (TPSA) is 66.5 Å². The van der Waals surface area contributed by atoms with Crippen LogP contribution in [0.25, 0.3) is 0 Å². The number of sulfonamides is 1. The zero-order valence-electron chi connectivity index (χ0n) is 13.7. The SMILES string of the molecule is Cc1ccc(NC(=O)CN(c2ccc(Cl)cc2C)S(C)(=O)=O)cc1. The Bertz CT molecular complexity index is 849. The molecule has 0 fully saturated rings. The smallest absolute Gasteiger partial charge is 0.245 e. The van der Waals surface area contributed by atoms with Crippen molar-refractivity contribution in [3.8, 4) is 0 Å². The van der Waals surface area contributed by atoms with Crippen molar-refractivity contribution in [2.45, 2.75) is 13.8 Å². The standard InChI is InChI=1S/C17H19ClN2O3S/c1-12-4-7-15(8-5-12)19-17(21)11-20(24(3,22)23)16-9-6-14(18)10-13(16)2/h4-10H,11H2,1-3H3,(H,19,21). The summed E-state index contributed by atoms with van der Waals surface area (Å²) in [5.74, 6) is -0.418. The van der Waals surface area contributed by atoms with Crippen LogP contribution in [0.15, 0.2) is 42.5 Å². The minimum Gasteiger partial charge on any atom is -0.325 e. The van der Waals surface area contributed by atoms with E-state index in [0.29, 0.717) is 22.0 Å². The molecule has 0 radical (unpaired) electrons. The van der Waals surface area contributed by atoms with Gasteiger partial charge in [-0.1, -0.05) is 29.3 Å². The summed E-state index contributed by atoms with van der Waals surface area (Å²) >= 11 is 5.91. The molecule has 0 aliphatic heterocycles. The predicted octanol–water partition coefficient (Wildman–Crippen LogP) is 3.36. The summed E-state index contributed by atoms with van der Waals surface area (Å²) in [6.45, 7) is 3.38. The molecular weight excluding hydrogens is 348 g/mol. The molecule has 1 amide bonds. The highest BCUT2D eigenvalue weighted by Gasteiger charge is 2.22. The van der Waals surface area contributed by atoms with Crippen LogP contribution < -0.4 is 9.62 Å². The van der Waals surface area contributed by atoms with Gasteiger partial charge in [-0.05, 0) is 49.7 Å². The Hall–Kier alpha value is -2.05. The van der Waals surface area contributed by atoms with E-state index in [1.807, 2.05) is 19.1 Å². The molecule has 2 rings (SSSR count). The molecule has 0 aromatic heterocycles. The molecule has 0 bridgehead atoms. The molecule has 0 saturated heterocycles. The van der Waals surface area contributed by atoms with Crippen molar-refractivity contribution in [3.05, 3.63) is 58.6 Å². The number of hydrogen-bond donors (Lipinski definition) is 1. The van der Waals surface area contributed by atoms with Crippen molar-refractivity contribution in [2.75, 3.05) is 22.4 Å². The van der Waals surface area contributed by atoms with Crippen molar-refractivity contribution in [3.63, 3.8) is 0 Å². The van der Waals surface area contributed by atoms with Crippen LogP contribution in [0.4, 0.5) is 11.4 Å². The lowest BCUT2D eigenvalue weighted by molar-refractivity contribution is -0.114. The summed E-state index contributed by atoms with van der Waals surface area (Å²) in [6, 6.07) is 12.1. The highest BCUT2D eigenvalue weighted by molar-refractivity contribution is 7.92. The summed E-state index contributed by atoms with van der Waals surface area (Å²) in [7, 11) is -3.62. The van der Waals surface area contributed by atoms with Crippen molar-refractivity contribution in [2.24, 2.45) is 0 Å². The molecule has 7 heteroatoms.